The highest BCUT2D eigenvalue weighted by Crippen LogP contribution is 2.27. The number of fused-ring (bicyclic) bond motifs is 1. The van der Waals surface area contributed by atoms with E-state index in [1.807, 2.05) is 33.8 Å². The fraction of sp³-hybridized carbons (Fsp3) is 0.467. The monoisotopic (exact) mass is 302 g/mol. The number of carbonyl (C=O) groups excluding carboxylic acids is 1. The first-order valence-corrected chi connectivity index (χ1v) is 7.23. The molecule has 2 aromatic rings. The molecule has 1 aliphatic heterocycles. The summed E-state index contributed by atoms with van der Waals surface area (Å²) in [6.07, 6.45) is -0.0433. The number of H-pyrrole nitrogens is 1. The van der Waals surface area contributed by atoms with Gasteiger partial charge < -0.3 is 19.0 Å². The highest BCUT2D eigenvalue weighted by atomic mass is 16.7. The maximum atomic E-state index is 12.0. The van der Waals surface area contributed by atoms with Gasteiger partial charge in [-0.1, -0.05) is 0 Å². The van der Waals surface area contributed by atoms with Crippen LogP contribution in [-0.4, -0.2) is 41.9 Å². The van der Waals surface area contributed by atoms with Gasteiger partial charge in [0.2, 0.25) is 0 Å². The van der Waals surface area contributed by atoms with Crippen molar-refractivity contribution in [3.8, 4) is 0 Å². The van der Waals surface area contributed by atoms with E-state index in [-0.39, 0.29) is 11.7 Å². The molecule has 1 fully saturated rings. The smallest absolute Gasteiger partial charge is 0.465 e. The third-order valence-corrected chi connectivity index (χ3v) is 4.12. The number of ether oxygens (including phenoxy) is 1. The van der Waals surface area contributed by atoms with E-state index in [0.717, 1.165) is 16.8 Å². The van der Waals surface area contributed by atoms with Crippen LogP contribution in [0.1, 0.15) is 37.0 Å². The minimum Gasteiger partial charge on any atom is -0.465 e. The number of nitrogens with one attached hydrogen (secondary N) is 1. The summed E-state index contributed by atoms with van der Waals surface area (Å²) < 4.78 is 16.7. The van der Waals surface area contributed by atoms with E-state index in [2.05, 4.69) is 9.97 Å². The molecular weight excluding hydrogens is 283 g/mol. The lowest BCUT2D eigenvalue weighted by atomic mass is 9.78. The number of imidazole rings is 1. The second-order valence-corrected chi connectivity index (χ2v) is 6.11. The summed E-state index contributed by atoms with van der Waals surface area (Å²) in [5.41, 5.74) is 2.16. The highest BCUT2D eigenvalue weighted by Gasteiger charge is 2.44. The number of aromatic nitrogens is 2. The summed E-state index contributed by atoms with van der Waals surface area (Å²) in [7, 11) is 0.843. The first-order valence-electron chi connectivity index (χ1n) is 7.23. The van der Waals surface area contributed by atoms with Crippen LogP contribution in [0.3, 0.4) is 0 Å². The van der Waals surface area contributed by atoms with E-state index in [1.54, 1.807) is 6.07 Å². The molecule has 1 atom stereocenters. The van der Waals surface area contributed by atoms with Crippen LogP contribution in [0.5, 0.6) is 0 Å². The SMILES string of the molecule is COC(=O)c1cc(B2OC(C)C(C)(C)O2)cc2[nH]c(C)nc12. The second-order valence-electron chi connectivity index (χ2n) is 6.11. The molecule has 0 saturated carbocycles. The maximum Gasteiger partial charge on any atom is 0.494 e. The molecule has 22 heavy (non-hydrogen) atoms. The van der Waals surface area contributed by atoms with Gasteiger partial charge in [-0.25, -0.2) is 9.78 Å². The number of hydrogen-bond donors (Lipinski definition) is 1. The van der Waals surface area contributed by atoms with Gasteiger partial charge in [-0.05, 0) is 45.3 Å². The van der Waals surface area contributed by atoms with Gasteiger partial charge in [0.05, 0.1) is 29.9 Å². The molecule has 1 unspecified atom stereocenters. The Labute approximate surface area is 129 Å². The van der Waals surface area contributed by atoms with Crippen molar-refractivity contribution in [2.24, 2.45) is 0 Å². The molecule has 0 spiro atoms. The number of aryl methyl sites for hydroxylation is 1. The van der Waals surface area contributed by atoms with E-state index in [9.17, 15) is 4.79 Å². The normalized spacial score (nSPS) is 20.6. The predicted molar refractivity (Wildman–Crippen MR) is 83.3 cm³/mol. The van der Waals surface area contributed by atoms with E-state index in [0.29, 0.717) is 11.1 Å². The largest absolute Gasteiger partial charge is 0.494 e. The van der Waals surface area contributed by atoms with Crippen molar-refractivity contribution in [2.75, 3.05) is 7.11 Å². The average molecular weight is 302 g/mol. The van der Waals surface area contributed by atoms with Crippen molar-refractivity contribution >= 4 is 29.6 Å². The Morgan fingerprint density at radius 2 is 2.18 bits per heavy atom. The molecule has 116 valence electrons. The third-order valence-electron chi connectivity index (χ3n) is 4.12. The Balaban J connectivity index is 2.09. The quantitative estimate of drug-likeness (QED) is 0.673. The minimum atomic E-state index is -0.513. The van der Waals surface area contributed by atoms with Crippen LogP contribution in [0.25, 0.3) is 11.0 Å². The van der Waals surface area contributed by atoms with Crippen LogP contribution in [0.4, 0.5) is 0 Å². The van der Waals surface area contributed by atoms with Crippen molar-refractivity contribution < 1.29 is 18.8 Å². The number of methoxy groups -OCH3 is 1. The van der Waals surface area contributed by atoms with Crippen molar-refractivity contribution in [1.82, 2.24) is 9.97 Å². The van der Waals surface area contributed by atoms with Crippen LogP contribution in [0, 0.1) is 6.92 Å². The third kappa shape index (κ3) is 2.40. The van der Waals surface area contributed by atoms with Crippen LogP contribution < -0.4 is 5.46 Å². The molecule has 1 N–H and O–H groups in total. The summed E-state index contributed by atoms with van der Waals surface area (Å²) in [5.74, 6) is 0.308. The molecule has 7 heteroatoms. The first kappa shape index (κ1) is 15.1. The Morgan fingerprint density at radius 3 is 2.77 bits per heavy atom. The number of hydrogen-bond acceptors (Lipinski definition) is 5. The van der Waals surface area contributed by atoms with Gasteiger partial charge in [-0.2, -0.15) is 0 Å². The molecule has 0 radical (unpaired) electrons. The Bertz CT molecular complexity index is 740. The molecular formula is C15H19BN2O4. The van der Waals surface area contributed by atoms with E-state index >= 15 is 0 Å². The standard InChI is InChI=1S/C15H19BN2O4/c1-8-15(3,4)22-16(21-8)10-6-11(14(19)20-5)13-12(7-10)17-9(2)18-13/h6-8H,1-5H3,(H,17,18). The number of rotatable bonds is 2. The fourth-order valence-corrected chi connectivity index (χ4v) is 2.56. The summed E-state index contributed by atoms with van der Waals surface area (Å²) in [5, 5.41) is 0. The van der Waals surface area contributed by atoms with Gasteiger partial charge in [-0.3, -0.25) is 0 Å². The molecule has 2 heterocycles. The molecule has 3 rings (SSSR count). The van der Waals surface area contributed by atoms with Crippen LogP contribution in [0.15, 0.2) is 12.1 Å². The van der Waals surface area contributed by atoms with E-state index < -0.39 is 13.1 Å². The van der Waals surface area contributed by atoms with E-state index in [4.69, 9.17) is 14.0 Å². The minimum absolute atomic E-state index is 0.0433. The van der Waals surface area contributed by atoms with Crippen molar-refractivity contribution in [3.63, 3.8) is 0 Å². The lowest BCUT2D eigenvalue weighted by Crippen LogP contribution is -2.35. The number of carbonyl (C=O) groups is 1. The predicted octanol–water partition coefficient (Wildman–Crippen LogP) is 1.57. The highest BCUT2D eigenvalue weighted by molar-refractivity contribution is 6.62. The zero-order chi connectivity index (χ0) is 16.1. The zero-order valence-corrected chi connectivity index (χ0v) is 13.4. The van der Waals surface area contributed by atoms with Crippen LogP contribution in [0.2, 0.25) is 0 Å². The lowest BCUT2D eigenvalue weighted by molar-refractivity contribution is 0.0603. The van der Waals surface area contributed by atoms with Gasteiger partial charge in [-0.15, -0.1) is 0 Å². The average Bonchev–Trinajstić information content (AvgIpc) is 2.96. The van der Waals surface area contributed by atoms with Gasteiger partial charge in [0.1, 0.15) is 11.3 Å². The Kier molecular flexibility index (Phi) is 3.49. The van der Waals surface area contributed by atoms with E-state index in [1.165, 1.54) is 7.11 Å². The lowest BCUT2D eigenvalue weighted by Gasteiger charge is -2.21. The van der Waals surface area contributed by atoms with Crippen molar-refractivity contribution in [3.05, 3.63) is 23.5 Å². The van der Waals surface area contributed by atoms with Crippen LogP contribution >= 0.6 is 0 Å². The molecule has 1 saturated heterocycles. The maximum absolute atomic E-state index is 12.0. The summed E-state index contributed by atoms with van der Waals surface area (Å²) >= 11 is 0. The number of nitrogens with zero attached hydrogens (tertiary/aromatic N) is 1. The number of esters is 1. The fourth-order valence-electron chi connectivity index (χ4n) is 2.56. The van der Waals surface area contributed by atoms with Gasteiger partial charge in [0, 0.05) is 0 Å². The van der Waals surface area contributed by atoms with Crippen LogP contribution in [-0.2, 0) is 14.0 Å². The summed E-state index contributed by atoms with van der Waals surface area (Å²) in [4.78, 5) is 19.5. The molecule has 1 aromatic carbocycles. The topological polar surface area (TPSA) is 73.4 Å². The van der Waals surface area contributed by atoms with Crippen molar-refractivity contribution in [2.45, 2.75) is 39.4 Å². The summed E-state index contributed by atoms with van der Waals surface area (Å²) in [6, 6.07) is 3.63. The van der Waals surface area contributed by atoms with Gasteiger partial charge in [0.25, 0.3) is 0 Å². The molecule has 1 aromatic heterocycles. The first-order chi connectivity index (χ1) is 10.3. The summed E-state index contributed by atoms with van der Waals surface area (Å²) in [6.45, 7) is 7.78. The molecule has 1 aliphatic rings. The Hall–Kier alpha value is -1.86. The van der Waals surface area contributed by atoms with Crippen molar-refractivity contribution in [1.29, 1.82) is 0 Å². The molecule has 0 amide bonds. The molecule has 6 nitrogen and oxygen atoms in total. The second kappa shape index (κ2) is 5.10. The Morgan fingerprint density at radius 1 is 1.45 bits per heavy atom. The number of benzene rings is 1. The zero-order valence-electron chi connectivity index (χ0n) is 13.4. The molecule has 0 bridgehead atoms. The van der Waals surface area contributed by atoms with Gasteiger partial charge >= 0.3 is 13.1 Å². The molecule has 0 aliphatic carbocycles. The number of aromatic amines is 1. The van der Waals surface area contributed by atoms with Gasteiger partial charge in [0.15, 0.2) is 0 Å².